The molecule has 1 aliphatic rings. The number of benzene rings is 2. The number of hydrogen-bond acceptors (Lipinski definition) is 5. The lowest BCUT2D eigenvalue weighted by Gasteiger charge is -2.52. The molecule has 2 N–H and O–H groups in total. The summed E-state index contributed by atoms with van der Waals surface area (Å²) < 4.78 is 26.2. The van der Waals surface area contributed by atoms with Crippen molar-refractivity contribution in [3.05, 3.63) is 69.7 Å². The monoisotopic (exact) mass is 552 g/mol. The highest BCUT2D eigenvalue weighted by Gasteiger charge is 2.53. The summed E-state index contributed by atoms with van der Waals surface area (Å²) in [6.45, 7) is 7.06. The van der Waals surface area contributed by atoms with Crippen LogP contribution in [0, 0.1) is 5.92 Å². The predicted octanol–water partition coefficient (Wildman–Crippen LogP) is 5.18. The molecule has 1 heterocycles. The molecule has 0 bridgehead atoms. The number of aldehydes is 1. The maximum atomic E-state index is 14.1. The first-order valence-electron chi connectivity index (χ1n) is 12.1. The molecular formula is C27H34Cl2N2O4S. The van der Waals surface area contributed by atoms with E-state index in [9.17, 15) is 18.0 Å². The average Bonchev–Trinajstić information content (AvgIpc) is 2.80. The second kappa shape index (κ2) is 11.2. The van der Waals surface area contributed by atoms with Gasteiger partial charge in [-0.1, -0.05) is 61.3 Å². The maximum Gasteiger partial charge on any atom is 0.243 e. The smallest absolute Gasteiger partial charge is 0.243 e. The molecule has 2 aromatic carbocycles. The number of amides is 1. The van der Waals surface area contributed by atoms with Gasteiger partial charge in [-0.15, -0.1) is 0 Å². The number of nitrogens with zero attached hydrogens (tertiary/aromatic N) is 1. The molecule has 0 aromatic heterocycles. The summed E-state index contributed by atoms with van der Waals surface area (Å²) in [6, 6.07) is 13.3. The summed E-state index contributed by atoms with van der Waals surface area (Å²) in [6.07, 6.45) is 0.688. The van der Waals surface area contributed by atoms with Crippen LogP contribution in [-0.2, 0) is 19.4 Å². The van der Waals surface area contributed by atoms with E-state index in [0.29, 0.717) is 16.3 Å². The third-order valence-electron chi connectivity index (χ3n) is 7.11. The third kappa shape index (κ3) is 5.96. The van der Waals surface area contributed by atoms with Gasteiger partial charge in [0.1, 0.15) is 11.8 Å². The number of hydrogen-bond donors (Lipinski definition) is 1. The Balaban J connectivity index is 2.29. The minimum atomic E-state index is -3.51. The molecule has 1 aliphatic heterocycles. The molecule has 0 saturated carbocycles. The zero-order valence-corrected chi connectivity index (χ0v) is 23.4. The van der Waals surface area contributed by atoms with Crippen molar-refractivity contribution >= 4 is 45.2 Å². The van der Waals surface area contributed by atoms with E-state index in [-0.39, 0.29) is 30.4 Å². The number of carbonyl (C=O) groups excluding carboxylic acids is 2. The van der Waals surface area contributed by atoms with E-state index in [0.717, 1.165) is 11.1 Å². The van der Waals surface area contributed by atoms with Gasteiger partial charge < -0.3 is 15.4 Å². The maximum absolute atomic E-state index is 14.1. The first-order valence-corrected chi connectivity index (χ1v) is 14.6. The minimum absolute atomic E-state index is 0.172. The van der Waals surface area contributed by atoms with Crippen LogP contribution in [0.15, 0.2) is 48.5 Å². The lowest BCUT2D eigenvalue weighted by molar-refractivity contribution is -0.150. The van der Waals surface area contributed by atoms with Gasteiger partial charge in [0.15, 0.2) is 9.84 Å². The molecule has 1 fully saturated rings. The third-order valence-corrected chi connectivity index (χ3v) is 9.84. The number of likely N-dealkylation sites (tertiary alicyclic amines) is 1. The van der Waals surface area contributed by atoms with Crippen molar-refractivity contribution in [2.75, 3.05) is 5.75 Å². The lowest BCUT2D eigenvalue weighted by atomic mass is 9.70. The molecule has 0 spiro atoms. The summed E-state index contributed by atoms with van der Waals surface area (Å²) in [4.78, 5) is 27.4. The summed E-state index contributed by atoms with van der Waals surface area (Å²) >= 11 is 12.5. The number of sulfone groups is 1. The topological polar surface area (TPSA) is 97.5 Å². The lowest BCUT2D eigenvalue weighted by Crippen LogP contribution is -2.65. The Labute approximate surface area is 224 Å². The number of carbonyl (C=O) groups is 2. The van der Waals surface area contributed by atoms with Gasteiger partial charge in [0.2, 0.25) is 5.91 Å². The van der Waals surface area contributed by atoms with E-state index in [2.05, 4.69) is 0 Å². The van der Waals surface area contributed by atoms with E-state index in [4.69, 9.17) is 28.9 Å². The van der Waals surface area contributed by atoms with Gasteiger partial charge in [-0.2, -0.15) is 0 Å². The van der Waals surface area contributed by atoms with Gasteiger partial charge in [-0.25, -0.2) is 8.42 Å². The fraction of sp³-hybridized carbons (Fsp3) is 0.481. The van der Waals surface area contributed by atoms with E-state index in [1.165, 1.54) is 0 Å². The molecule has 0 aliphatic carbocycles. The summed E-state index contributed by atoms with van der Waals surface area (Å²) in [7, 11) is -3.51. The van der Waals surface area contributed by atoms with E-state index in [1.54, 1.807) is 36.9 Å². The highest BCUT2D eigenvalue weighted by atomic mass is 35.5. The average molecular weight is 554 g/mol. The van der Waals surface area contributed by atoms with E-state index < -0.39 is 38.6 Å². The van der Waals surface area contributed by atoms with Crippen LogP contribution >= 0.6 is 23.2 Å². The van der Waals surface area contributed by atoms with Gasteiger partial charge in [-0.3, -0.25) is 4.79 Å². The number of halogens is 2. The van der Waals surface area contributed by atoms with Crippen LogP contribution < -0.4 is 5.73 Å². The molecule has 2 unspecified atom stereocenters. The van der Waals surface area contributed by atoms with Crippen LogP contribution in [0.1, 0.15) is 63.6 Å². The largest absolute Gasteiger partial charge is 0.329 e. The zero-order valence-electron chi connectivity index (χ0n) is 21.0. The van der Waals surface area contributed by atoms with E-state index >= 15 is 0 Å². The SMILES string of the molecule is CC(C)[C@@H](CS(=O)(=O)C(C)C)N1C(=O)[C@@](N)(CC=O)CC(c2cccc(Cl)c2)C1c1ccc(Cl)cc1. The second-order valence-electron chi connectivity index (χ2n) is 10.3. The molecule has 36 heavy (non-hydrogen) atoms. The highest BCUT2D eigenvalue weighted by molar-refractivity contribution is 7.92. The van der Waals surface area contributed by atoms with Gasteiger partial charge in [0.25, 0.3) is 0 Å². The van der Waals surface area contributed by atoms with Crippen LogP contribution in [-0.4, -0.2) is 48.1 Å². The Morgan fingerprint density at radius 2 is 1.69 bits per heavy atom. The quantitative estimate of drug-likeness (QED) is 0.432. The first kappa shape index (κ1) is 28.6. The summed E-state index contributed by atoms with van der Waals surface area (Å²) in [5.74, 6) is -1.17. The van der Waals surface area contributed by atoms with Crippen molar-refractivity contribution in [1.82, 2.24) is 4.90 Å². The molecule has 196 valence electrons. The van der Waals surface area contributed by atoms with Gasteiger partial charge in [0.05, 0.1) is 17.0 Å². The molecule has 4 atom stereocenters. The Bertz CT molecular complexity index is 1200. The normalized spacial score (nSPS) is 23.8. The predicted molar refractivity (Wildman–Crippen MR) is 145 cm³/mol. The first-order chi connectivity index (χ1) is 16.8. The molecule has 6 nitrogen and oxygen atoms in total. The van der Waals surface area contributed by atoms with Gasteiger partial charge in [-0.05, 0) is 61.6 Å². The minimum Gasteiger partial charge on any atom is -0.329 e. The Kier molecular flexibility index (Phi) is 8.92. The van der Waals surface area contributed by atoms with Crippen molar-refractivity contribution < 1.29 is 18.0 Å². The summed E-state index contributed by atoms with van der Waals surface area (Å²) in [5, 5.41) is 0.476. The van der Waals surface area contributed by atoms with Crippen molar-refractivity contribution in [3.8, 4) is 0 Å². The van der Waals surface area contributed by atoms with Crippen LogP contribution in [0.3, 0.4) is 0 Å². The van der Waals surface area contributed by atoms with Crippen molar-refractivity contribution in [1.29, 1.82) is 0 Å². The van der Waals surface area contributed by atoms with Gasteiger partial charge >= 0.3 is 0 Å². The van der Waals surface area contributed by atoms with Crippen molar-refractivity contribution in [2.45, 2.75) is 69.3 Å². The molecule has 3 rings (SSSR count). The molecular weight excluding hydrogens is 519 g/mol. The fourth-order valence-corrected chi connectivity index (χ4v) is 6.69. The standard InChI is InChI=1S/C27H34Cl2N2O4S/c1-17(2)24(16-36(34,35)18(3)4)31-25(19-8-10-21(28)11-9-19)23(20-6-5-7-22(29)14-20)15-27(30,12-13-32)26(31)33/h5-11,13-14,17-18,23-25H,12,15-16,30H2,1-4H3/t23?,24-,25?,27-/m1/s1. The van der Waals surface area contributed by atoms with Crippen LogP contribution in [0.2, 0.25) is 10.0 Å². The summed E-state index contributed by atoms with van der Waals surface area (Å²) in [5.41, 5.74) is 6.85. The molecule has 1 amide bonds. The van der Waals surface area contributed by atoms with Crippen LogP contribution in [0.25, 0.3) is 0 Å². The van der Waals surface area contributed by atoms with Crippen LogP contribution in [0.5, 0.6) is 0 Å². The van der Waals surface area contributed by atoms with Crippen molar-refractivity contribution in [2.24, 2.45) is 11.7 Å². The van der Waals surface area contributed by atoms with Gasteiger partial charge in [0, 0.05) is 28.4 Å². The van der Waals surface area contributed by atoms with Crippen LogP contribution in [0.4, 0.5) is 0 Å². The Hall–Kier alpha value is -1.93. The highest BCUT2D eigenvalue weighted by Crippen LogP contribution is 2.48. The van der Waals surface area contributed by atoms with Crippen molar-refractivity contribution in [3.63, 3.8) is 0 Å². The molecule has 0 radical (unpaired) electrons. The molecule has 2 aromatic rings. The van der Waals surface area contributed by atoms with E-state index in [1.807, 2.05) is 44.2 Å². The Morgan fingerprint density at radius 3 is 2.22 bits per heavy atom. The molecule has 9 heteroatoms. The second-order valence-corrected chi connectivity index (χ2v) is 13.8. The number of piperidine rings is 1. The number of rotatable bonds is 9. The number of nitrogens with two attached hydrogens (primary N) is 1. The molecule has 1 saturated heterocycles. The zero-order chi connectivity index (χ0) is 26.8. The Morgan fingerprint density at radius 1 is 1.06 bits per heavy atom. The fourth-order valence-electron chi connectivity index (χ4n) is 4.96.